The zero-order valence-electron chi connectivity index (χ0n) is 10.4. The predicted octanol–water partition coefficient (Wildman–Crippen LogP) is -1.92. The molecule has 0 aromatic heterocycles. The maximum absolute atomic E-state index is 11.8. The van der Waals surface area contributed by atoms with E-state index in [0.29, 0.717) is 17.7 Å². The average molecular weight is 275 g/mol. The van der Waals surface area contributed by atoms with E-state index in [9.17, 15) is 15.0 Å². The third kappa shape index (κ3) is 2.09. The predicted molar refractivity (Wildman–Crippen MR) is 71.8 cm³/mol. The minimum absolute atomic E-state index is 0.225. The van der Waals surface area contributed by atoms with Gasteiger partial charge < -0.3 is 15.5 Å². The maximum atomic E-state index is 11.8. The number of rotatable bonds is 3. The molecule has 3 unspecified atom stereocenters. The second-order valence-corrected chi connectivity index (χ2v) is 4.67. The molecular weight excluding hydrogens is 262 g/mol. The minimum Gasteiger partial charge on any atom is -0.388 e. The first-order valence-electron chi connectivity index (χ1n) is 6.10. The van der Waals surface area contributed by atoms with Crippen molar-refractivity contribution >= 4 is 23.9 Å². The van der Waals surface area contributed by atoms with Crippen LogP contribution in [0.4, 0.5) is 0 Å². The Bertz CT molecular complexity index is 604. The number of aliphatic hydroxyl groups excluding tert-OH is 2. The molecule has 3 atom stereocenters. The lowest BCUT2D eigenvalue weighted by atomic mass is 10.1. The smallest absolute Gasteiger partial charge is 0.262 e. The number of guanidine groups is 1. The van der Waals surface area contributed by atoms with Gasteiger partial charge in [0.2, 0.25) is 5.96 Å². The first kappa shape index (κ1) is 12.9. The fourth-order valence-corrected chi connectivity index (χ4v) is 2.27. The number of hydrogen-bond donors (Lipinski definition) is 5. The van der Waals surface area contributed by atoms with Crippen LogP contribution in [0, 0.1) is 5.41 Å². The van der Waals surface area contributed by atoms with Gasteiger partial charge >= 0.3 is 0 Å². The summed E-state index contributed by atoms with van der Waals surface area (Å²) in [6, 6.07) is -0.377. The first-order valence-corrected chi connectivity index (χ1v) is 6.10. The van der Waals surface area contributed by atoms with E-state index < -0.39 is 18.1 Å². The van der Waals surface area contributed by atoms with E-state index in [-0.39, 0.29) is 17.8 Å². The van der Waals surface area contributed by atoms with Crippen LogP contribution in [-0.2, 0) is 4.79 Å². The van der Waals surface area contributed by atoms with Crippen LogP contribution in [0.1, 0.15) is 0 Å². The van der Waals surface area contributed by atoms with Gasteiger partial charge in [-0.2, -0.15) is 4.99 Å². The topological polar surface area (TPSA) is 130 Å². The summed E-state index contributed by atoms with van der Waals surface area (Å²) in [4.78, 5) is 19.6. The fraction of sp³-hybridized carbons (Fsp3) is 0.333. The first-order chi connectivity index (χ1) is 9.56. The van der Waals surface area contributed by atoms with Crippen molar-refractivity contribution in [3.8, 4) is 0 Å². The summed E-state index contributed by atoms with van der Waals surface area (Å²) in [5, 5.41) is 31.8. The molecule has 0 fully saturated rings. The lowest BCUT2D eigenvalue weighted by molar-refractivity contribution is -0.115. The summed E-state index contributed by atoms with van der Waals surface area (Å²) in [5.74, 6) is -0.396. The lowest BCUT2D eigenvalue weighted by Crippen LogP contribution is -2.42. The number of carbonyl (C=O) groups is 1. The van der Waals surface area contributed by atoms with E-state index in [1.807, 2.05) is 0 Å². The van der Waals surface area contributed by atoms with Crippen LogP contribution in [0.3, 0.4) is 0 Å². The van der Waals surface area contributed by atoms with Crippen molar-refractivity contribution in [3.63, 3.8) is 0 Å². The molecule has 0 spiro atoms. The Morgan fingerprint density at radius 1 is 1.40 bits per heavy atom. The summed E-state index contributed by atoms with van der Waals surface area (Å²) in [5.41, 5.74) is 0.973. The highest BCUT2D eigenvalue weighted by molar-refractivity contribution is 6.35. The van der Waals surface area contributed by atoms with Crippen LogP contribution in [0.25, 0.3) is 0 Å². The van der Waals surface area contributed by atoms with Crippen molar-refractivity contribution in [3.05, 3.63) is 23.3 Å². The molecule has 0 aromatic rings. The highest BCUT2D eigenvalue weighted by Gasteiger charge is 2.31. The van der Waals surface area contributed by atoms with Crippen molar-refractivity contribution in [1.29, 1.82) is 5.41 Å². The zero-order chi connectivity index (χ0) is 14.3. The van der Waals surface area contributed by atoms with Gasteiger partial charge in [0.1, 0.15) is 6.10 Å². The molecule has 0 radical (unpaired) electrons. The van der Waals surface area contributed by atoms with Crippen molar-refractivity contribution in [1.82, 2.24) is 10.6 Å². The molecule has 2 heterocycles. The van der Waals surface area contributed by atoms with Gasteiger partial charge in [-0.1, -0.05) is 12.2 Å². The summed E-state index contributed by atoms with van der Waals surface area (Å²) in [6.07, 6.45) is 2.93. The van der Waals surface area contributed by atoms with Gasteiger partial charge in [0, 0.05) is 18.3 Å². The summed E-state index contributed by atoms with van der Waals surface area (Å²) in [7, 11) is 0. The van der Waals surface area contributed by atoms with Crippen molar-refractivity contribution in [2.45, 2.75) is 18.2 Å². The maximum Gasteiger partial charge on any atom is 0.262 e. The molecule has 3 aliphatic rings. The quantitative estimate of drug-likeness (QED) is 0.384. The molecule has 104 valence electrons. The fourth-order valence-electron chi connectivity index (χ4n) is 2.27. The van der Waals surface area contributed by atoms with Crippen LogP contribution in [-0.4, -0.2) is 58.9 Å². The van der Waals surface area contributed by atoms with Crippen molar-refractivity contribution in [2.24, 2.45) is 9.98 Å². The third-order valence-electron chi connectivity index (χ3n) is 3.33. The molecule has 20 heavy (non-hydrogen) atoms. The van der Waals surface area contributed by atoms with E-state index in [1.54, 1.807) is 6.08 Å². The number of amides is 1. The molecule has 0 saturated heterocycles. The molecule has 0 saturated carbocycles. The van der Waals surface area contributed by atoms with E-state index >= 15 is 0 Å². The second kappa shape index (κ2) is 4.75. The summed E-state index contributed by atoms with van der Waals surface area (Å²) >= 11 is 0. The van der Waals surface area contributed by atoms with Crippen molar-refractivity contribution < 1.29 is 15.0 Å². The normalized spacial score (nSPS) is 31.7. The van der Waals surface area contributed by atoms with E-state index in [2.05, 4.69) is 20.6 Å². The number of hydrogen-bond acceptors (Lipinski definition) is 6. The van der Waals surface area contributed by atoms with Crippen molar-refractivity contribution in [2.75, 3.05) is 6.54 Å². The van der Waals surface area contributed by atoms with Crippen LogP contribution in [0.5, 0.6) is 0 Å². The Morgan fingerprint density at radius 3 is 2.90 bits per heavy atom. The second-order valence-electron chi connectivity index (χ2n) is 4.67. The molecule has 1 amide bonds. The van der Waals surface area contributed by atoms with Crippen LogP contribution in [0.15, 0.2) is 33.3 Å². The average Bonchev–Trinajstić information content (AvgIpc) is 2.93. The SMILES string of the molecule is N=C1N=C2N=CC(CNC3C=CC(O)C3O)=C2C(=O)N1. The summed E-state index contributed by atoms with van der Waals surface area (Å²) < 4.78 is 0. The highest BCUT2D eigenvalue weighted by Crippen LogP contribution is 2.17. The Kier molecular flexibility index (Phi) is 3.05. The Labute approximate surface area is 114 Å². The number of aliphatic imine (C=N–C) groups is 2. The van der Waals surface area contributed by atoms with E-state index in [1.165, 1.54) is 12.3 Å². The Hall–Kier alpha value is -2.16. The van der Waals surface area contributed by atoms with E-state index in [4.69, 9.17) is 5.41 Å². The number of amidine groups is 1. The number of fused-ring (bicyclic) bond motifs is 1. The standard InChI is InChI=1S/C12H13N5O3/c13-12-16-10-8(11(20)17-12)5(4-15-10)3-14-6-1-2-7(18)9(6)19/h1-2,4,6-7,9,14,18-19H,3H2,(H2,13,17,20). The monoisotopic (exact) mass is 275 g/mol. The Balaban J connectivity index is 1.74. The molecule has 2 aliphatic heterocycles. The number of aliphatic hydroxyl groups is 2. The minimum atomic E-state index is -0.902. The lowest BCUT2D eigenvalue weighted by Gasteiger charge is -2.18. The molecule has 0 bridgehead atoms. The zero-order valence-corrected chi connectivity index (χ0v) is 10.4. The van der Waals surface area contributed by atoms with Gasteiger partial charge in [-0.25, -0.2) is 4.99 Å². The van der Waals surface area contributed by atoms with Gasteiger partial charge in [-0.3, -0.25) is 15.5 Å². The van der Waals surface area contributed by atoms with Crippen LogP contribution in [0.2, 0.25) is 0 Å². The number of nitrogens with zero attached hydrogens (tertiary/aromatic N) is 2. The van der Waals surface area contributed by atoms with Gasteiger partial charge in [-0.15, -0.1) is 0 Å². The Morgan fingerprint density at radius 2 is 2.20 bits per heavy atom. The van der Waals surface area contributed by atoms with Crippen LogP contribution >= 0.6 is 0 Å². The van der Waals surface area contributed by atoms with Gasteiger partial charge in [0.25, 0.3) is 5.91 Å². The molecule has 3 rings (SSSR count). The largest absolute Gasteiger partial charge is 0.388 e. The molecule has 0 aromatic carbocycles. The van der Waals surface area contributed by atoms with Gasteiger partial charge in [0.05, 0.1) is 17.7 Å². The number of nitrogens with one attached hydrogen (secondary N) is 3. The summed E-state index contributed by atoms with van der Waals surface area (Å²) in [6.45, 7) is 0.303. The third-order valence-corrected chi connectivity index (χ3v) is 3.33. The van der Waals surface area contributed by atoms with Gasteiger partial charge in [-0.05, 0) is 0 Å². The molecule has 8 nitrogen and oxygen atoms in total. The molecule has 8 heteroatoms. The molecule has 5 N–H and O–H groups in total. The molecular formula is C12H13N5O3. The van der Waals surface area contributed by atoms with E-state index in [0.717, 1.165) is 0 Å². The van der Waals surface area contributed by atoms with Gasteiger partial charge in [0.15, 0.2) is 5.84 Å². The molecule has 1 aliphatic carbocycles. The highest BCUT2D eigenvalue weighted by atomic mass is 16.3. The number of carbonyl (C=O) groups excluding carboxylic acids is 1. The van der Waals surface area contributed by atoms with Crippen LogP contribution < -0.4 is 10.6 Å².